The fourth-order valence-electron chi connectivity index (χ4n) is 1.60. The minimum atomic E-state index is -0.289. The molecule has 1 unspecified atom stereocenters. The number of anilines is 2. The molecule has 1 aromatic rings. The van der Waals surface area contributed by atoms with Crippen LogP contribution in [0.15, 0.2) is 18.2 Å². The molecule has 0 aromatic heterocycles. The molecule has 3 heteroatoms. The molecule has 0 spiro atoms. The summed E-state index contributed by atoms with van der Waals surface area (Å²) in [5.41, 5.74) is 7.05. The number of nitrogens with zero attached hydrogens (tertiary/aromatic N) is 1. The van der Waals surface area contributed by atoms with Gasteiger partial charge in [0.05, 0.1) is 0 Å². The van der Waals surface area contributed by atoms with Crippen molar-refractivity contribution in [3.8, 4) is 0 Å². The normalized spacial score (nSPS) is 13.6. The fourth-order valence-corrected chi connectivity index (χ4v) is 1.60. The maximum Gasteiger partial charge on any atom is 0.127 e. The Kier molecular flexibility index (Phi) is 3.46. The molecular weight excluding hydrogens is 203 g/mol. The van der Waals surface area contributed by atoms with Crippen molar-refractivity contribution >= 4 is 11.4 Å². The predicted octanol–water partition coefficient (Wildman–Crippen LogP) is 3.28. The average molecular weight is 224 g/mol. The highest BCUT2D eigenvalue weighted by Crippen LogP contribution is 2.28. The Morgan fingerprint density at radius 2 is 1.81 bits per heavy atom. The molecule has 0 aliphatic rings. The van der Waals surface area contributed by atoms with E-state index >= 15 is 0 Å². The van der Waals surface area contributed by atoms with Gasteiger partial charge in [-0.2, -0.15) is 0 Å². The summed E-state index contributed by atoms with van der Waals surface area (Å²) < 4.78 is 13.2. The van der Waals surface area contributed by atoms with Gasteiger partial charge < -0.3 is 10.6 Å². The number of hydrogen-bond acceptors (Lipinski definition) is 2. The zero-order valence-electron chi connectivity index (χ0n) is 10.7. The van der Waals surface area contributed by atoms with Gasteiger partial charge in [-0.1, -0.05) is 20.8 Å². The van der Waals surface area contributed by atoms with Crippen molar-refractivity contribution in [1.82, 2.24) is 0 Å². The van der Waals surface area contributed by atoms with E-state index in [0.29, 0.717) is 11.7 Å². The lowest BCUT2D eigenvalue weighted by atomic mass is 9.87. The summed E-state index contributed by atoms with van der Waals surface area (Å²) in [7, 11) is 1.96. The van der Waals surface area contributed by atoms with E-state index in [1.54, 1.807) is 6.07 Å². The van der Waals surface area contributed by atoms with Crippen LogP contribution >= 0.6 is 0 Å². The van der Waals surface area contributed by atoms with Gasteiger partial charge in [-0.15, -0.1) is 0 Å². The van der Waals surface area contributed by atoms with Gasteiger partial charge in [0, 0.05) is 24.5 Å². The summed E-state index contributed by atoms with van der Waals surface area (Å²) in [6.45, 7) is 8.62. The van der Waals surface area contributed by atoms with Crippen molar-refractivity contribution < 1.29 is 4.39 Å². The zero-order chi connectivity index (χ0) is 12.5. The molecule has 0 bridgehead atoms. The number of halogens is 1. The molecule has 0 saturated heterocycles. The third kappa shape index (κ3) is 2.87. The zero-order valence-corrected chi connectivity index (χ0v) is 10.7. The number of nitrogen functional groups attached to an aromatic ring is 1. The SMILES string of the molecule is CC(N(C)c1cc(N)cc(F)c1)C(C)(C)C. The summed E-state index contributed by atoms with van der Waals surface area (Å²) in [6.07, 6.45) is 0. The van der Waals surface area contributed by atoms with Crippen molar-refractivity contribution in [3.05, 3.63) is 24.0 Å². The highest BCUT2D eigenvalue weighted by Gasteiger charge is 2.24. The second kappa shape index (κ2) is 4.32. The maximum atomic E-state index is 13.2. The molecule has 1 aromatic carbocycles. The van der Waals surface area contributed by atoms with Gasteiger partial charge in [-0.05, 0) is 30.5 Å². The first-order valence-corrected chi connectivity index (χ1v) is 5.50. The van der Waals surface area contributed by atoms with Crippen molar-refractivity contribution in [2.75, 3.05) is 17.7 Å². The molecule has 0 saturated carbocycles. The molecular formula is C13H21FN2. The first-order chi connectivity index (χ1) is 7.21. The van der Waals surface area contributed by atoms with Gasteiger partial charge in [-0.25, -0.2) is 4.39 Å². The van der Waals surface area contributed by atoms with Crippen molar-refractivity contribution in [3.63, 3.8) is 0 Å². The second-order valence-corrected chi connectivity index (χ2v) is 5.40. The Morgan fingerprint density at radius 1 is 1.25 bits per heavy atom. The maximum absolute atomic E-state index is 13.2. The Morgan fingerprint density at radius 3 is 2.25 bits per heavy atom. The van der Waals surface area contributed by atoms with Gasteiger partial charge >= 0.3 is 0 Å². The highest BCUT2D eigenvalue weighted by molar-refractivity contribution is 5.56. The topological polar surface area (TPSA) is 29.3 Å². The summed E-state index contributed by atoms with van der Waals surface area (Å²) in [5, 5.41) is 0. The van der Waals surface area contributed by atoms with E-state index in [4.69, 9.17) is 5.73 Å². The molecule has 2 N–H and O–H groups in total. The molecule has 0 heterocycles. The quantitative estimate of drug-likeness (QED) is 0.781. The van der Waals surface area contributed by atoms with Crippen molar-refractivity contribution in [1.29, 1.82) is 0 Å². The Labute approximate surface area is 97.3 Å². The summed E-state index contributed by atoms with van der Waals surface area (Å²) in [4.78, 5) is 2.06. The van der Waals surface area contributed by atoms with E-state index in [9.17, 15) is 4.39 Å². The molecule has 0 aliphatic heterocycles. The van der Waals surface area contributed by atoms with E-state index in [-0.39, 0.29) is 11.2 Å². The minimum absolute atomic E-state index is 0.135. The smallest absolute Gasteiger partial charge is 0.127 e. The van der Waals surface area contributed by atoms with Crippen LogP contribution in [-0.4, -0.2) is 13.1 Å². The Balaban J connectivity index is 3.00. The number of benzene rings is 1. The van der Waals surface area contributed by atoms with Crippen LogP contribution in [0.4, 0.5) is 15.8 Å². The lowest BCUT2D eigenvalue weighted by Gasteiger charge is -2.37. The Bertz CT molecular complexity index is 348. The molecule has 0 aliphatic carbocycles. The average Bonchev–Trinajstić information content (AvgIpc) is 2.12. The fraction of sp³-hybridized carbons (Fsp3) is 0.538. The molecule has 0 amide bonds. The highest BCUT2D eigenvalue weighted by atomic mass is 19.1. The molecule has 1 atom stereocenters. The van der Waals surface area contributed by atoms with E-state index in [1.165, 1.54) is 12.1 Å². The summed E-state index contributed by atoms with van der Waals surface area (Å²) >= 11 is 0. The lowest BCUT2D eigenvalue weighted by molar-refractivity contribution is 0.329. The van der Waals surface area contributed by atoms with Crippen molar-refractivity contribution in [2.45, 2.75) is 33.7 Å². The Hall–Kier alpha value is -1.25. The molecule has 0 fully saturated rings. The van der Waals surface area contributed by atoms with Crippen LogP contribution in [0.3, 0.4) is 0 Å². The minimum Gasteiger partial charge on any atom is -0.399 e. The molecule has 16 heavy (non-hydrogen) atoms. The molecule has 0 radical (unpaired) electrons. The molecule has 90 valence electrons. The third-order valence-electron chi connectivity index (χ3n) is 3.15. The van der Waals surface area contributed by atoms with Gasteiger partial charge in [0.2, 0.25) is 0 Å². The number of hydrogen-bond donors (Lipinski definition) is 1. The van der Waals surface area contributed by atoms with Crippen LogP contribution in [-0.2, 0) is 0 Å². The van der Waals surface area contributed by atoms with Gasteiger partial charge in [0.15, 0.2) is 0 Å². The summed E-state index contributed by atoms with van der Waals surface area (Å²) in [6, 6.07) is 4.94. The number of rotatable bonds is 2. The standard InChI is InChI=1S/C13H21FN2/c1-9(13(2,3)4)16(5)12-7-10(14)6-11(15)8-12/h6-9H,15H2,1-5H3. The monoisotopic (exact) mass is 224 g/mol. The number of nitrogens with two attached hydrogens (primary N) is 1. The van der Waals surface area contributed by atoms with Gasteiger partial charge in [0.1, 0.15) is 5.82 Å². The molecule has 2 nitrogen and oxygen atoms in total. The van der Waals surface area contributed by atoms with E-state index in [0.717, 1.165) is 5.69 Å². The predicted molar refractivity (Wildman–Crippen MR) is 68.1 cm³/mol. The molecule has 1 rings (SSSR count). The third-order valence-corrected chi connectivity index (χ3v) is 3.15. The first kappa shape index (κ1) is 12.8. The van der Waals surface area contributed by atoms with Crippen LogP contribution in [0.2, 0.25) is 0 Å². The van der Waals surface area contributed by atoms with E-state index in [1.807, 2.05) is 7.05 Å². The lowest BCUT2D eigenvalue weighted by Crippen LogP contribution is -2.39. The van der Waals surface area contributed by atoms with Crippen molar-refractivity contribution in [2.24, 2.45) is 5.41 Å². The van der Waals surface area contributed by atoms with Gasteiger partial charge in [-0.3, -0.25) is 0 Å². The second-order valence-electron chi connectivity index (χ2n) is 5.40. The van der Waals surface area contributed by atoms with Crippen LogP contribution < -0.4 is 10.6 Å². The summed E-state index contributed by atoms with van der Waals surface area (Å²) in [5.74, 6) is -0.289. The van der Waals surface area contributed by atoms with Crippen LogP contribution in [0, 0.1) is 11.2 Å². The van der Waals surface area contributed by atoms with Gasteiger partial charge in [0.25, 0.3) is 0 Å². The van der Waals surface area contributed by atoms with E-state index < -0.39 is 0 Å². The largest absolute Gasteiger partial charge is 0.399 e. The van der Waals surface area contributed by atoms with Crippen LogP contribution in [0.5, 0.6) is 0 Å². The van der Waals surface area contributed by atoms with E-state index in [2.05, 4.69) is 32.6 Å². The van der Waals surface area contributed by atoms with Crippen LogP contribution in [0.25, 0.3) is 0 Å². The first-order valence-electron chi connectivity index (χ1n) is 5.50. The van der Waals surface area contributed by atoms with Crippen LogP contribution in [0.1, 0.15) is 27.7 Å².